The number of halogens is 1. The van der Waals surface area contributed by atoms with Gasteiger partial charge in [0.05, 0.1) is 28.4 Å². The standard InChI is InChI=1S/C28H29FN6O4/c1-15(2)35-23-8-7-19(12-21(23)26(37)34(28(35)39)14-16-3-4-16)32-27(38)33-10-9-20(25(31)36)24(33)17-5-6-18(13-30)22(29)11-17/h5-8,11-12,15-16,20,24H,3-4,9-10,14H2,1-2H3,(H2,31,36)(H,32,38). The molecule has 2 unspecified atom stereocenters. The summed E-state index contributed by atoms with van der Waals surface area (Å²) in [5.41, 5.74) is 5.87. The van der Waals surface area contributed by atoms with Crippen LogP contribution in [0.3, 0.4) is 0 Å². The van der Waals surface area contributed by atoms with Gasteiger partial charge in [0.15, 0.2) is 0 Å². The van der Waals surface area contributed by atoms with E-state index in [2.05, 4.69) is 5.32 Å². The zero-order valence-electron chi connectivity index (χ0n) is 21.7. The number of carbonyl (C=O) groups is 2. The van der Waals surface area contributed by atoms with Crippen LogP contribution in [-0.4, -0.2) is 32.5 Å². The van der Waals surface area contributed by atoms with Gasteiger partial charge < -0.3 is 16.0 Å². The molecule has 1 aliphatic carbocycles. The number of primary amides is 1. The Kier molecular flexibility index (Phi) is 6.72. The van der Waals surface area contributed by atoms with Crippen molar-refractivity contribution in [2.45, 2.75) is 51.7 Å². The molecular weight excluding hydrogens is 503 g/mol. The Hall–Kier alpha value is -4.46. The number of nitrogens with one attached hydrogen (secondary N) is 1. The maximum Gasteiger partial charge on any atom is 0.331 e. The van der Waals surface area contributed by atoms with E-state index < -0.39 is 35.3 Å². The van der Waals surface area contributed by atoms with Gasteiger partial charge in [-0.1, -0.05) is 6.07 Å². The Morgan fingerprint density at radius 1 is 1.15 bits per heavy atom. The van der Waals surface area contributed by atoms with Crippen molar-refractivity contribution in [3.05, 3.63) is 74.2 Å². The Bertz CT molecular complexity index is 1650. The van der Waals surface area contributed by atoms with Gasteiger partial charge in [-0.2, -0.15) is 5.26 Å². The number of carbonyl (C=O) groups excluding carboxylic acids is 2. The lowest BCUT2D eigenvalue weighted by atomic mass is 9.92. The molecule has 0 bridgehead atoms. The fourth-order valence-electron chi connectivity index (χ4n) is 5.41. The summed E-state index contributed by atoms with van der Waals surface area (Å²) in [7, 11) is 0. The van der Waals surface area contributed by atoms with Crippen LogP contribution in [0.4, 0.5) is 14.9 Å². The zero-order chi connectivity index (χ0) is 28.0. The van der Waals surface area contributed by atoms with Gasteiger partial charge in [-0.15, -0.1) is 0 Å². The molecule has 5 rings (SSSR count). The van der Waals surface area contributed by atoms with Gasteiger partial charge in [0, 0.05) is 24.8 Å². The van der Waals surface area contributed by atoms with E-state index in [0.29, 0.717) is 41.0 Å². The Labute approximate surface area is 223 Å². The van der Waals surface area contributed by atoms with Gasteiger partial charge in [-0.05, 0) is 74.9 Å². The molecule has 2 fully saturated rings. The molecule has 39 heavy (non-hydrogen) atoms. The molecule has 1 saturated heterocycles. The Balaban J connectivity index is 1.50. The smallest absolute Gasteiger partial charge is 0.331 e. The first kappa shape index (κ1) is 26.2. The first-order valence-corrected chi connectivity index (χ1v) is 13.0. The number of benzene rings is 2. The first-order valence-electron chi connectivity index (χ1n) is 13.0. The third-order valence-corrected chi connectivity index (χ3v) is 7.55. The van der Waals surface area contributed by atoms with Crippen molar-refractivity contribution in [2.24, 2.45) is 17.6 Å². The molecule has 2 aromatic carbocycles. The van der Waals surface area contributed by atoms with Crippen LogP contribution in [0.2, 0.25) is 0 Å². The van der Waals surface area contributed by atoms with Crippen LogP contribution >= 0.6 is 0 Å². The van der Waals surface area contributed by atoms with Crippen LogP contribution in [0.15, 0.2) is 46.0 Å². The number of nitrogens with zero attached hydrogens (tertiary/aromatic N) is 4. The Morgan fingerprint density at radius 3 is 2.51 bits per heavy atom. The molecule has 1 aliphatic heterocycles. The van der Waals surface area contributed by atoms with Crippen LogP contribution in [0.5, 0.6) is 0 Å². The monoisotopic (exact) mass is 532 g/mol. The molecule has 3 amide bonds. The van der Waals surface area contributed by atoms with E-state index in [0.717, 1.165) is 18.9 Å². The second-order valence-electron chi connectivity index (χ2n) is 10.6. The summed E-state index contributed by atoms with van der Waals surface area (Å²) in [4.78, 5) is 53.5. The molecule has 2 heterocycles. The first-order chi connectivity index (χ1) is 18.6. The van der Waals surface area contributed by atoms with Crippen molar-refractivity contribution in [1.82, 2.24) is 14.0 Å². The fourth-order valence-corrected chi connectivity index (χ4v) is 5.41. The van der Waals surface area contributed by atoms with Crippen LogP contribution in [0, 0.1) is 29.0 Å². The van der Waals surface area contributed by atoms with Gasteiger partial charge in [0.2, 0.25) is 5.91 Å². The number of nitrogens with two attached hydrogens (primary N) is 1. The lowest BCUT2D eigenvalue weighted by molar-refractivity contribution is -0.122. The van der Waals surface area contributed by atoms with Crippen molar-refractivity contribution in [3.8, 4) is 6.07 Å². The fraction of sp³-hybridized carbons (Fsp3) is 0.393. The van der Waals surface area contributed by atoms with Crippen LogP contribution in [-0.2, 0) is 11.3 Å². The molecule has 0 spiro atoms. The topological polar surface area (TPSA) is 143 Å². The second-order valence-corrected chi connectivity index (χ2v) is 10.6. The van der Waals surface area contributed by atoms with Crippen LogP contribution in [0.25, 0.3) is 10.9 Å². The highest BCUT2D eigenvalue weighted by Crippen LogP contribution is 2.38. The molecular formula is C28H29FN6O4. The maximum atomic E-state index is 14.4. The molecule has 10 nitrogen and oxygen atoms in total. The van der Waals surface area contributed by atoms with Crippen molar-refractivity contribution in [1.29, 1.82) is 5.26 Å². The van der Waals surface area contributed by atoms with Gasteiger partial charge in [0.1, 0.15) is 11.9 Å². The van der Waals surface area contributed by atoms with Crippen molar-refractivity contribution in [3.63, 3.8) is 0 Å². The molecule has 0 radical (unpaired) electrons. The average molecular weight is 533 g/mol. The highest BCUT2D eigenvalue weighted by atomic mass is 19.1. The van der Waals surface area contributed by atoms with E-state index in [-0.39, 0.29) is 23.8 Å². The van der Waals surface area contributed by atoms with Gasteiger partial charge in [-0.25, -0.2) is 14.0 Å². The van der Waals surface area contributed by atoms with Gasteiger partial charge in [0.25, 0.3) is 5.56 Å². The van der Waals surface area contributed by atoms with E-state index in [1.54, 1.807) is 28.8 Å². The number of hydrogen-bond donors (Lipinski definition) is 2. The summed E-state index contributed by atoms with van der Waals surface area (Å²) in [6.45, 7) is 4.30. The number of likely N-dealkylation sites (tertiary alicyclic amines) is 1. The third kappa shape index (κ3) is 4.78. The van der Waals surface area contributed by atoms with E-state index in [1.165, 1.54) is 21.6 Å². The molecule has 2 aliphatic rings. The van der Waals surface area contributed by atoms with Crippen LogP contribution in [0.1, 0.15) is 56.3 Å². The SMILES string of the molecule is CC(C)n1c(=O)n(CC2CC2)c(=O)c2cc(NC(=O)N3CCC(C(N)=O)C3c3ccc(C#N)c(F)c3)ccc21. The quantitative estimate of drug-likeness (QED) is 0.501. The largest absolute Gasteiger partial charge is 0.369 e. The second kappa shape index (κ2) is 10.0. The molecule has 202 valence electrons. The summed E-state index contributed by atoms with van der Waals surface area (Å²) in [6.07, 6.45) is 2.25. The average Bonchev–Trinajstić information content (AvgIpc) is 3.60. The minimum Gasteiger partial charge on any atom is -0.369 e. The van der Waals surface area contributed by atoms with Crippen molar-refractivity contribution in [2.75, 3.05) is 11.9 Å². The molecule has 3 aromatic rings. The number of fused-ring (bicyclic) bond motifs is 1. The number of rotatable bonds is 6. The number of amides is 3. The number of hydrogen-bond acceptors (Lipinski definition) is 5. The number of aromatic nitrogens is 2. The molecule has 1 aromatic heterocycles. The lowest BCUT2D eigenvalue weighted by Crippen LogP contribution is -2.41. The predicted molar refractivity (Wildman–Crippen MR) is 142 cm³/mol. The van der Waals surface area contributed by atoms with E-state index >= 15 is 0 Å². The summed E-state index contributed by atoms with van der Waals surface area (Å²) >= 11 is 0. The Morgan fingerprint density at radius 2 is 1.90 bits per heavy atom. The number of urea groups is 1. The number of nitriles is 1. The zero-order valence-corrected chi connectivity index (χ0v) is 21.7. The highest BCUT2D eigenvalue weighted by molar-refractivity contribution is 5.93. The van der Waals surface area contributed by atoms with Crippen LogP contribution < -0.4 is 22.3 Å². The third-order valence-electron chi connectivity index (χ3n) is 7.55. The minimum absolute atomic E-state index is 0.147. The molecule has 11 heteroatoms. The summed E-state index contributed by atoms with van der Waals surface area (Å²) in [6, 6.07) is 8.96. The highest BCUT2D eigenvalue weighted by Gasteiger charge is 2.41. The van der Waals surface area contributed by atoms with E-state index in [1.807, 2.05) is 13.8 Å². The van der Waals surface area contributed by atoms with E-state index in [9.17, 15) is 23.6 Å². The summed E-state index contributed by atoms with van der Waals surface area (Å²) in [5.74, 6) is -1.80. The summed E-state index contributed by atoms with van der Waals surface area (Å²) in [5, 5.41) is 12.2. The minimum atomic E-state index is -0.827. The van der Waals surface area contributed by atoms with Gasteiger partial charge >= 0.3 is 11.7 Å². The van der Waals surface area contributed by atoms with Crippen molar-refractivity contribution >= 4 is 28.5 Å². The molecule has 2 atom stereocenters. The van der Waals surface area contributed by atoms with Crippen molar-refractivity contribution < 1.29 is 14.0 Å². The molecule has 3 N–H and O–H groups in total. The summed E-state index contributed by atoms with van der Waals surface area (Å²) < 4.78 is 17.3. The predicted octanol–water partition coefficient (Wildman–Crippen LogP) is 3.25. The van der Waals surface area contributed by atoms with E-state index in [4.69, 9.17) is 11.0 Å². The number of anilines is 1. The lowest BCUT2D eigenvalue weighted by Gasteiger charge is -2.28. The maximum absolute atomic E-state index is 14.4. The molecule has 1 saturated carbocycles. The van der Waals surface area contributed by atoms with Gasteiger partial charge in [-0.3, -0.25) is 18.7 Å². The normalized spacial score (nSPS) is 18.9.